The van der Waals surface area contributed by atoms with Gasteiger partial charge >= 0.3 is 0 Å². The molecule has 0 aromatic heterocycles. The smallest absolute Gasteiger partial charge is 0.157 e. The Balaban J connectivity index is 2.06. The Morgan fingerprint density at radius 1 is 1.45 bits per heavy atom. The highest BCUT2D eigenvalue weighted by molar-refractivity contribution is 5.15. The van der Waals surface area contributed by atoms with E-state index in [2.05, 4.69) is 6.58 Å². The molecule has 2 rings (SSSR count). The molecule has 1 aliphatic heterocycles. The third-order valence-electron chi connectivity index (χ3n) is 3.16. The van der Waals surface area contributed by atoms with E-state index in [0.717, 1.165) is 12.0 Å². The summed E-state index contributed by atoms with van der Waals surface area (Å²) >= 11 is 0. The van der Waals surface area contributed by atoms with Crippen LogP contribution in [0.4, 0.5) is 0 Å². The highest BCUT2D eigenvalue weighted by Gasteiger charge is 2.22. The summed E-state index contributed by atoms with van der Waals surface area (Å²) in [7, 11) is 0. The summed E-state index contributed by atoms with van der Waals surface area (Å²) in [5.41, 5.74) is 1.10. The fraction of sp³-hybridized carbons (Fsp3) is 0.556. The van der Waals surface area contributed by atoms with Crippen molar-refractivity contribution in [3.05, 3.63) is 47.9 Å². The number of allylic oxidation sites excluding steroid dienone is 1. The monoisotopic (exact) mass is 281 g/mol. The van der Waals surface area contributed by atoms with Crippen molar-refractivity contribution in [1.82, 2.24) is 0 Å². The Labute approximate surface area is 132 Å². The largest absolute Gasteiger partial charge is 0.353 e. The second-order valence-corrected chi connectivity index (χ2v) is 5.15. The van der Waals surface area contributed by atoms with E-state index in [1.165, 1.54) is 0 Å². The van der Waals surface area contributed by atoms with E-state index in [1.807, 2.05) is 6.92 Å². The molecule has 1 aromatic rings. The highest BCUT2D eigenvalue weighted by atomic mass is 16.7. The molecule has 2 nitrogen and oxygen atoms in total. The zero-order chi connectivity index (χ0) is 20.4. The first-order valence-electron chi connectivity index (χ1n) is 10.6. The highest BCUT2D eigenvalue weighted by Crippen LogP contribution is 2.23. The van der Waals surface area contributed by atoms with Crippen LogP contribution in [0, 0.1) is 0 Å². The molecule has 1 aliphatic rings. The van der Waals surface area contributed by atoms with Crippen molar-refractivity contribution in [1.29, 1.82) is 0 Å². The van der Waals surface area contributed by atoms with E-state index in [-0.39, 0.29) is 48.7 Å². The van der Waals surface area contributed by atoms with Crippen molar-refractivity contribution in [2.45, 2.75) is 57.8 Å². The molecule has 0 unspecified atom stereocenters. The molecule has 0 aliphatic carbocycles. The lowest BCUT2D eigenvalue weighted by Gasteiger charge is -2.30. The van der Waals surface area contributed by atoms with Crippen molar-refractivity contribution in [2.24, 2.45) is 0 Å². The predicted octanol–water partition coefficient (Wildman–Crippen LogP) is 4.50. The van der Waals surface area contributed by atoms with E-state index < -0.39 is 18.9 Å². The molecule has 0 N–H and O–H groups in total. The van der Waals surface area contributed by atoms with Crippen molar-refractivity contribution in [3.8, 4) is 0 Å². The van der Waals surface area contributed by atoms with Crippen LogP contribution in [0.2, 0.25) is 0 Å². The van der Waals surface area contributed by atoms with Crippen LogP contribution >= 0.6 is 0 Å². The maximum Gasteiger partial charge on any atom is 0.157 e. The average molecular weight is 281 g/mol. The lowest BCUT2D eigenvalue weighted by Crippen LogP contribution is -2.31. The molecule has 0 amide bonds. The van der Waals surface area contributed by atoms with Crippen LogP contribution < -0.4 is 0 Å². The SMILES string of the molecule is [2H]c1c([2H])c([2H])c(C[C@@H]2CCC[C@@H](OC([2H])([2H])CCC(=C)C)O2)c([2H])c1[2H]. The van der Waals surface area contributed by atoms with Gasteiger partial charge < -0.3 is 9.47 Å². The second kappa shape index (κ2) is 8.23. The maximum atomic E-state index is 8.02. The molecule has 0 bridgehead atoms. The Hall–Kier alpha value is -1.12. The third kappa shape index (κ3) is 5.48. The fourth-order valence-corrected chi connectivity index (χ4v) is 2.12. The first-order valence-corrected chi connectivity index (χ1v) is 7.05. The topological polar surface area (TPSA) is 18.5 Å². The molecule has 1 fully saturated rings. The van der Waals surface area contributed by atoms with Gasteiger partial charge in [0.25, 0.3) is 0 Å². The van der Waals surface area contributed by atoms with Gasteiger partial charge in [-0.1, -0.05) is 35.8 Å². The van der Waals surface area contributed by atoms with Gasteiger partial charge in [-0.2, -0.15) is 0 Å². The van der Waals surface area contributed by atoms with Gasteiger partial charge in [0, 0.05) is 0 Å². The van der Waals surface area contributed by atoms with Crippen molar-refractivity contribution < 1.29 is 19.1 Å². The summed E-state index contributed by atoms with van der Waals surface area (Å²) < 4.78 is 66.5. The van der Waals surface area contributed by atoms with Crippen LogP contribution in [-0.2, 0) is 15.9 Å². The van der Waals surface area contributed by atoms with Gasteiger partial charge in [0.15, 0.2) is 6.29 Å². The molecule has 20 heavy (non-hydrogen) atoms. The Kier molecular flexibility index (Phi) is 3.44. The van der Waals surface area contributed by atoms with Gasteiger partial charge in [0.2, 0.25) is 0 Å². The predicted molar refractivity (Wildman–Crippen MR) is 82.7 cm³/mol. The Bertz CT molecular complexity index is 676. The van der Waals surface area contributed by atoms with Crippen LogP contribution in [0.5, 0.6) is 0 Å². The van der Waals surface area contributed by atoms with Gasteiger partial charge in [0.05, 0.1) is 22.3 Å². The fourth-order valence-electron chi connectivity index (χ4n) is 2.12. The van der Waals surface area contributed by atoms with Crippen molar-refractivity contribution in [3.63, 3.8) is 0 Å². The van der Waals surface area contributed by atoms with E-state index >= 15 is 0 Å². The molecule has 2 heteroatoms. The minimum absolute atomic E-state index is 0.171. The molecule has 0 saturated carbocycles. The van der Waals surface area contributed by atoms with E-state index in [1.54, 1.807) is 0 Å². The average Bonchev–Trinajstić information content (AvgIpc) is 2.60. The van der Waals surface area contributed by atoms with Crippen molar-refractivity contribution >= 4 is 0 Å². The van der Waals surface area contributed by atoms with Crippen LogP contribution in [0.15, 0.2) is 42.4 Å². The molecule has 1 heterocycles. The molecule has 1 saturated heterocycles. The first-order chi connectivity index (χ1) is 12.5. The maximum absolute atomic E-state index is 8.02. The van der Waals surface area contributed by atoms with Gasteiger partial charge in [-0.25, -0.2) is 0 Å². The summed E-state index contributed by atoms with van der Waals surface area (Å²) in [6, 6.07) is -1.56. The summed E-state index contributed by atoms with van der Waals surface area (Å²) in [6.45, 7) is 3.77. The van der Waals surface area contributed by atoms with Gasteiger partial charge in [-0.3, -0.25) is 0 Å². The normalized spacial score (nSPS) is 28.4. The van der Waals surface area contributed by atoms with E-state index in [9.17, 15) is 0 Å². The second-order valence-electron chi connectivity index (χ2n) is 5.15. The lowest BCUT2D eigenvalue weighted by atomic mass is 10.0. The lowest BCUT2D eigenvalue weighted by molar-refractivity contribution is -0.193. The van der Waals surface area contributed by atoms with Gasteiger partial charge in [0.1, 0.15) is 0 Å². The van der Waals surface area contributed by atoms with Gasteiger partial charge in [-0.15, -0.1) is 6.58 Å². The summed E-state index contributed by atoms with van der Waals surface area (Å²) in [4.78, 5) is 0. The van der Waals surface area contributed by atoms with Crippen LogP contribution in [0.25, 0.3) is 0 Å². The Morgan fingerprint density at radius 2 is 2.25 bits per heavy atom. The number of hydrogen-bond acceptors (Lipinski definition) is 2. The molecule has 110 valence electrons. The van der Waals surface area contributed by atoms with Crippen molar-refractivity contribution in [2.75, 3.05) is 6.56 Å². The zero-order valence-corrected chi connectivity index (χ0v) is 11.9. The molecule has 2 atom stereocenters. The number of hydrogen-bond donors (Lipinski definition) is 0. The van der Waals surface area contributed by atoms with Crippen LogP contribution in [0.3, 0.4) is 0 Å². The van der Waals surface area contributed by atoms with E-state index in [0.29, 0.717) is 19.3 Å². The summed E-state index contributed by atoms with van der Waals surface area (Å²) in [6.07, 6.45) is 1.76. The van der Waals surface area contributed by atoms with Gasteiger partial charge in [-0.05, 0) is 51.0 Å². The molecule has 0 spiro atoms. The van der Waals surface area contributed by atoms with Crippen LogP contribution in [-0.4, -0.2) is 19.0 Å². The quantitative estimate of drug-likeness (QED) is 0.685. The molecule has 0 radical (unpaired) electrons. The number of ether oxygens (including phenoxy) is 2. The number of benzene rings is 1. The van der Waals surface area contributed by atoms with E-state index in [4.69, 9.17) is 19.1 Å². The first kappa shape index (κ1) is 8.35. The molecule has 1 aromatic carbocycles. The minimum atomic E-state index is -1.83. The Morgan fingerprint density at radius 3 is 3.00 bits per heavy atom. The standard InChI is InChI=1S/C18H26O2/c1-15(2)8-7-13-19-18-12-6-11-17(20-18)14-16-9-4-3-5-10-16/h3-5,9-10,17-18H,1,6-8,11-14H2,2H3/t17-,18-/m0/s1/i3D,4D,5D,9D,10D,13D2. The zero-order valence-electron chi connectivity index (χ0n) is 18.9. The minimum Gasteiger partial charge on any atom is -0.353 e. The third-order valence-corrected chi connectivity index (χ3v) is 3.16. The molecular formula is C18H26O2. The summed E-state index contributed by atoms with van der Waals surface area (Å²) in [5.74, 6) is 0. The number of rotatable bonds is 7. The van der Waals surface area contributed by atoms with Crippen LogP contribution in [0.1, 0.15) is 54.2 Å². The summed E-state index contributed by atoms with van der Waals surface area (Å²) in [5, 5.41) is 0. The molecular weight excluding hydrogens is 248 g/mol.